The minimum absolute atomic E-state index is 0.0580. The Balaban J connectivity index is 2.78. The van der Waals surface area contributed by atoms with Gasteiger partial charge in [0.25, 0.3) is 0 Å². The first-order chi connectivity index (χ1) is 9.17. The van der Waals surface area contributed by atoms with E-state index in [9.17, 15) is 4.79 Å². The average molecular weight is 283 g/mol. The molecule has 1 saturated heterocycles. The van der Waals surface area contributed by atoms with E-state index in [1.807, 2.05) is 6.92 Å². The van der Waals surface area contributed by atoms with Crippen LogP contribution in [0.3, 0.4) is 0 Å². The van der Waals surface area contributed by atoms with Crippen molar-refractivity contribution in [2.75, 3.05) is 26.7 Å². The Hall–Kier alpha value is -1.26. The molecule has 1 unspecified atom stereocenters. The van der Waals surface area contributed by atoms with E-state index in [1.165, 1.54) is 7.11 Å². The van der Waals surface area contributed by atoms with Gasteiger partial charge in [0.2, 0.25) is 0 Å². The Morgan fingerprint density at radius 3 is 2.40 bits per heavy atom. The van der Waals surface area contributed by atoms with Gasteiger partial charge in [0, 0.05) is 24.0 Å². The van der Waals surface area contributed by atoms with Gasteiger partial charge in [-0.05, 0) is 20.8 Å². The van der Waals surface area contributed by atoms with Crippen LogP contribution in [0.15, 0.2) is 4.99 Å². The van der Waals surface area contributed by atoms with Crippen LogP contribution in [0.2, 0.25) is 0 Å². The van der Waals surface area contributed by atoms with Gasteiger partial charge in [-0.25, -0.2) is 0 Å². The van der Waals surface area contributed by atoms with Crippen molar-refractivity contribution in [1.29, 1.82) is 0 Å². The smallest absolute Gasteiger partial charge is 0.310 e. The summed E-state index contributed by atoms with van der Waals surface area (Å²) in [4.78, 5) is 18.3. The summed E-state index contributed by atoms with van der Waals surface area (Å²) in [5.74, 6) is 0.450. The molecule has 0 amide bonds. The summed E-state index contributed by atoms with van der Waals surface area (Å²) in [6.45, 7) is 15.1. The highest BCUT2D eigenvalue weighted by Gasteiger charge is 2.53. The second-order valence-electron chi connectivity index (χ2n) is 6.65. The van der Waals surface area contributed by atoms with E-state index in [0.717, 1.165) is 19.0 Å². The zero-order valence-electron chi connectivity index (χ0n) is 13.9. The summed E-state index contributed by atoms with van der Waals surface area (Å²) in [7, 11) is 1.41. The molecule has 5 nitrogen and oxygen atoms in total. The molecule has 0 aliphatic carbocycles. The average Bonchev–Trinajstić information content (AvgIpc) is 2.39. The number of nitrogens with one attached hydrogen (secondary N) is 1. The van der Waals surface area contributed by atoms with E-state index in [0.29, 0.717) is 6.54 Å². The van der Waals surface area contributed by atoms with E-state index in [2.05, 4.69) is 49.8 Å². The summed E-state index contributed by atoms with van der Waals surface area (Å²) < 4.78 is 4.74. The van der Waals surface area contributed by atoms with Gasteiger partial charge in [-0.2, -0.15) is 0 Å². The van der Waals surface area contributed by atoms with E-state index >= 15 is 0 Å². The lowest BCUT2D eigenvalue weighted by atomic mass is 9.65. The molecule has 0 radical (unpaired) electrons. The fourth-order valence-corrected chi connectivity index (χ4v) is 2.29. The van der Waals surface area contributed by atoms with Gasteiger partial charge in [0.1, 0.15) is 0 Å². The lowest BCUT2D eigenvalue weighted by Crippen LogP contribution is -2.72. The quantitative estimate of drug-likeness (QED) is 0.486. The number of carbonyl (C=O) groups is 1. The summed E-state index contributed by atoms with van der Waals surface area (Å²) in [5, 5.41) is 3.31. The number of aliphatic imine (C=N–C) groups is 1. The Bertz CT molecular complexity index is 389. The van der Waals surface area contributed by atoms with Crippen LogP contribution >= 0.6 is 0 Å². The van der Waals surface area contributed by atoms with Gasteiger partial charge in [0.15, 0.2) is 5.96 Å². The molecule has 1 N–H and O–H groups in total. The molecule has 0 aromatic carbocycles. The molecule has 0 bridgehead atoms. The maximum Gasteiger partial charge on any atom is 0.310 e. The molecule has 1 rings (SSSR count). The fourth-order valence-electron chi connectivity index (χ4n) is 2.29. The molecule has 0 aromatic heterocycles. The molecular weight excluding hydrogens is 254 g/mol. The van der Waals surface area contributed by atoms with Crippen molar-refractivity contribution in [1.82, 2.24) is 10.2 Å². The zero-order chi connectivity index (χ0) is 15.6. The molecule has 1 aliphatic rings. The van der Waals surface area contributed by atoms with Crippen molar-refractivity contribution in [2.24, 2.45) is 16.3 Å². The normalized spacial score (nSPS) is 21.9. The van der Waals surface area contributed by atoms with E-state index in [-0.39, 0.29) is 22.8 Å². The largest absolute Gasteiger partial charge is 0.469 e. The van der Waals surface area contributed by atoms with Crippen molar-refractivity contribution in [3.05, 3.63) is 0 Å². The molecule has 1 atom stereocenters. The van der Waals surface area contributed by atoms with Crippen molar-refractivity contribution >= 4 is 11.9 Å². The Morgan fingerprint density at radius 2 is 2.00 bits per heavy atom. The highest BCUT2D eigenvalue weighted by molar-refractivity contribution is 5.82. The van der Waals surface area contributed by atoms with Crippen LogP contribution in [-0.2, 0) is 9.53 Å². The van der Waals surface area contributed by atoms with Gasteiger partial charge in [-0.1, -0.05) is 20.8 Å². The summed E-state index contributed by atoms with van der Waals surface area (Å²) in [5.41, 5.74) is 0.319. The predicted octanol–water partition coefficient (Wildman–Crippen LogP) is 1.88. The van der Waals surface area contributed by atoms with Crippen LogP contribution in [0.25, 0.3) is 0 Å². The standard InChI is InChI=1S/C15H29N3O2/c1-8-16-13(17-9-11(2)12(19)20-7)18-10-14(3,4)15(18,5)6/h11H,8-10H2,1-7H3,(H,16,17). The van der Waals surface area contributed by atoms with Crippen molar-refractivity contribution in [2.45, 2.75) is 47.1 Å². The summed E-state index contributed by atoms with van der Waals surface area (Å²) in [6, 6.07) is 0. The van der Waals surface area contributed by atoms with Crippen LogP contribution in [0, 0.1) is 11.3 Å². The van der Waals surface area contributed by atoms with Gasteiger partial charge < -0.3 is 15.0 Å². The summed E-state index contributed by atoms with van der Waals surface area (Å²) in [6.07, 6.45) is 0. The Labute approximate surface area is 122 Å². The van der Waals surface area contributed by atoms with Crippen molar-refractivity contribution in [3.8, 4) is 0 Å². The fraction of sp³-hybridized carbons (Fsp3) is 0.867. The van der Waals surface area contributed by atoms with Crippen LogP contribution in [-0.4, -0.2) is 49.1 Å². The Morgan fingerprint density at radius 1 is 1.40 bits per heavy atom. The lowest BCUT2D eigenvalue weighted by Gasteiger charge is -2.62. The van der Waals surface area contributed by atoms with Gasteiger partial charge >= 0.3 is 5.97 Å². The number of rotatable bonds is 4. The topological polar surface area (TPSA) is 53.9 Å². The number of guanidine groups is 1. The first kappa shape index (κ1) is 16.8. The molecule has 1 heterocycles. The van der Waals surface area contributed by atoms with Gasteiger partial charge in [-0.15, -0.1) is 0 Å². The molecule has 1 fully saturated rings. The monoisotopic (exact) mass is 283 g/mol. The molecule has 20 heavy (non-hydrogen) atoms. The van der Waals surface area contributed by atoms with Crippen molar-refractivity contribution in [3.63, 3.8) is 0 Å². The number of hydrogen-bond donors (Lipinski definition) is 1. The number of hydrogen-bond acceptors (Lipinski definition) is 3. The highest BCUT2D eigenvalue weighted by atomic mass is 16.5. The number of methoxy groups -OCH3 is 1. The first-order valence-electron chi connectivity index (χ1n) is 7.31. The first-order valence-corrected chi connectivity index (χ1v) is 7.31. The highest BCUT2D eigenvalue weighted by Crippen LogP contribution is 2.46. The third kappa shape index (κ3) is 3.07. The van der Waals surface area contributed by atoms with E-state index in [1.54, 1.807) is 0 Å². The minimum atomic E-state index is -0.217. The van der Waals surface area contributed by atoms with Crippen LogP contribution in [0.1, 0.15) is 41.5 Å². The third-order valence-corrected chi connectivity index (χ3v) is 4.59. The van der Waals surface area contributed by atoms with E-state index < -0.39 is 0 Å². The molecule has 116 valence electrons. The zero-order valence-corrected chi connectivity index (χ0v) is 13.9. The van der Waals surface area contributed by atoms with Crippen molar-refractivity contribution < 1.29 is 9.53 Å². The number of esters is 1. The SMILES string of the molecule is CCNC(=NCC(C)C(=O)OC)N1CC(C)(C)C1(C)C. The van der Waals surface area contributed by atoms with Crippen LogP contribution in [0.5, 0.6) is 0 Å². The second-order valence-corrected chi connectivity index (χ2v) is 6.65. The predicted molar refractivity (Wildman–Crippen MR) is 81.7 cm³/mol. The van der Waals surface area contributed by atoms with E-state index in [4.69, 9.17) is 4.74 Å². The second kappa shape index (κ2) is 6.02. The molecule has 0 saturated carbocycles. The third-order valence-electron chi connectivity index (χ3n) is 4.59. The minimum Gasteiger partial charge on any atom is -0.469 e. The lowest BCUT2D eigenvalue weighted by molar-refractivity contribution is -0.144. The van der Waals surface area contributed by atoms with Crippen LogP contribution < -0.4 is 5.32 Å². The number of nitrogens with zero attached hydrogens (tertiary/aromatic N) is 2. The maximum absolute atomic E-state index is 11.4. The molecule has 1 aliphatic heterocycles. The maximum atomic E-state index is 11.4. The molecule has 0 spiro atoms. The molecular formula is C15H29N3O2. The van der Waals surface area contributed by atoms with Gasteiger partial charge in [-0.3, -0.25) is 9.79 Å². The number of ether oxygens (including phenoxy) is 1. The van der Waals surface area contributed by atoms with Crippen LogP contribution in [0.4, 0.5) is 0 Å². The summed E-state index contributed by atoms with van der Waals surface area (Å²) >= 11 is 0. The Kier molecular flexibility index (Phi) is 5.05. The van der Waals surface area contributed by atoms with Gasteiger partial charge in [0.05, 0.1) is 19.6 Å². The number of carbonyl (C=O) groups excluding carboxylic acids is 1. The number of likely N-dealkylation sites (tertiary alicyclic amines) is 1. The molecule has 0 aromatic rings. The molecule has 5 heteroatoms.